The van der Waals surface area contributed by atoms with Crippen molar-refractivity contribution < 1.29 is 29.3 Å². The minimum Gasteiger partial charge on any atom is -0.503 e. The molecule has 0 radical (unpaired) electrons. The maximum absolute atomic E-state index is 13.0. The van der Waals surface area contributed by atoms with E-state index in [-0.39, 0.29) is 25.0 Å². The molecular formula is C24H23NO6. The largest absolute Gasteiger partial charge is 0.503 e. The first-order valence-corrected chi connectivity index (χ1v) is 9.79. The summed E-state index contributed by atoms with van der Waals surface area (Å²) < 4.78 is 5.26. The molecule has 0 bridgehead atoms. The molecule has 0 saturated heterocycles. The van der Waals surface area contributed by atoms with Gasteiger partial charge in [0.25, 0.3) is 5.91 Å². The molecule has 0 aromatic heterocycles. The third-order valence-electron chi connectivity index (χ3n) is 5.00. The molecule has 1 atom stereocenters. The van der Waals surface area contributed by atoms with Gasteiger partial charge in [-0.25, -0.2) is 0 Å². The Kier molecular flexibility index (Phi) is 6.87. The molecule has 1 amide bonds. The first-order chi connectivity index (χ1) is 14.9. The minimum absolute atomic E-state index is 0.0410. The lowest BCUT2D eigenvalue weighted by Crippen LogP contribution is -2.32. The molecule has 7 nitrogen and oxygen atoms in total. The van der Waals surface area contributed by atoms with Crippen LogP contribution in [0.5, 0.6) is 5.75 Å². The number of ether oxygens (including phenoxy) is 1. The summed E-state index contributed by atoms with van der Waals surface area (Å²) in [6, 6.07) is 15.2. The second-order valence-electron chi connectivity index (χ2n) is 7.05. The van der Waals surface area contributed by atoms with Crippen molar-refractivity contribution in [1.82, 2.24) is 4.90 Å². The Balaban J connectivity index is 1.97. The highest BCUT2D eigenvalue weighted by Gasteiger charge is 2.42. The van der Waals surface area contributed by atoms with Crippen molar-refractivity contribution in [3.05, 3.63) is 83.1 Å². The molecule has 1 heterocycles. The van der Waals surface area contributed by atoms with Gasteiger partial charge >= 0.3 is 5.97 Å². The van der Waals surface area contributed by atoms with Crippen LogP contribution in [0.25, 0.3) is 6.08 Å². The Bertz CT molecular complexity index is 1040. The van der Waals surface area contributed by atoms with Crippen molar-refractivity contribution in [1.29, 1.82) is 0 Å². The Labute approximate surface area is 179 Å². The van der Waals surface area contributed by atoms with Crippen molar-refractivity contribution in [2.24, 2.45) is 0 Å². The second kappa shape index (κ2) is 9.75. The number of carboxylic acid groups (broad SMARTS) is 1. The van der Waals surface area contributed by atoms with Crippen LogP contribution in [-0.2, 0) is 14.4 Å². The number of carbonyl (C=O) groups is 3. The third-order valence-corrected chi connectivity index (χ3v) is 5.00. The molecule has 0 saturated carbocycles. The number of aliphatic hydroxyl groups is 1. The van der Waals surface area contributed by atoms with Gasteiger partial charge in [0.15, 0.2) is 11.5 Å². The van der Waals surface area contributed by atoms with Crippen molar-refractivity contribution in [2.45, 2.75) is 18.9 Å². The van der Waals surface area contributed by atoms with Gasteiger partial charge in [0, 0.05) is 13.0 Å². The molecule has 3 rings (SSSR count). The van der Waals surface area contributed by atoms with Gasteiger partial charge in [-0.15, -0.1) is 0 Å². The van der Waals surface area contributed by atoms with Gasteiger partial charge in [-0.2, -0.15) is 0 Å². The summed E-state index contributed by atoms with van der Waals surface area (Å²) in [5.41, 5.74) is 1.35. The molecule has 2 aromatic carbocycles. The lowest BCUT2D eigenvalue weighted by atomic mass is 9.95. The first-order valence-electron chi connectivity index (χ1n) is 9.79. The number of nitrogens with zero attached hydrogens (tertiary/aromatic N) is 1. The monoisotopic (exact) mass is 421 g/mol. The number of hydrogen-bond acceptors (Lipinski definition) is 5. The molecule has 0 aliphatic carbocycles. The summed E-state index contributed by atoms with van der Waals surface area (Å²) in [6.45, 7) is 0.0796. The molecule has 2 aromatic rings. The third kappa shape index (κ3) is 5.01. The molecule has 0 fully saturated rings. The zero-order valence-corrected chi connectivity index (χ0v) is 17.0. The molecule has 160 valence electrons. The van der Waals surface area contributed by atoms with Crippen molar-refractivity contribution in [2.75, 3.05) is 13.7 Å². The van der Waals surface area contributed by atoms with Crippen LogP contribution in [0, 0.1) is 0 Å². The van der Waals surface area contributed by atoms with Gasteiger partial charge in [0.1, 0.15) is 5.75 Å². The van der Waals surface area contributed by atoms with Gasteiger partial charge < -0.3 is 19.8 Å². The fourth-order valence-electron chi connectivity index (χ4n) is 3.52. The highest BCUT2D eigenvalue weighted by Crippen LogP contribution is 2.39. The second-order valence-corrected chi connectivity index (χ2v) is 7.05. The average Bonchev–Trinajstić information content (AvgIpc) is 3.03. The van der Waals surface area contributed by atoms with E-state index in [4.69, 9.17) is 9.84 Å². The van der Waals surface area contributed by atoms with Crippen LogP contribution in [-0.4, -0.2) is 46.4 Å². The average molecular weight is 421 g/mol. The van der Waals surface area contributed by atoms with Gasteiger partial charge in [0.05, 0.1) is 18.7 Å². The molecule has 7 heteroatoms. The molecule has 1 unspecified atom stereocenters. The van der Waals surface area contributed by atoms with Crippen molar-refractivity contribution >= 4 is 23.7 Å². The van der Waals surface area contributed by atoms with Crippen LogP contribution >= 0.6 is 0 Å². The van der Waals surface area contributed by atoms with Crippen molar-refractivity contribution in [3.63, 3.8) is 0 Å². The fraction of sp³-hybridized carbons (Fsp3) is 0.208. The minimum atomic E-state index is -0.983. The number of hydrogen-bond donors (Lipinski definition) is 2. The number of aliphatic hydroxyl groups excluding tert-OH is 1. The number of ketones is 1. The predicted molar refractivity (Wildman–Crippen MR) is 114 cm³/mol. The molecule has 0 spiro atoms. The van der Waals surface area contributed by atoms with E-state index in [2.05, 4.69) is 0 Å². The summed E-state index contributed by atoms with van der Waals surface area (Å²) in [6.07, 6.45) is 2.99. The number of methoxy groups -OCH3 is 1. The normalized spacial score (nSPS) is 16.2. The number of carbonyl (C=O) groups excluding carboxylic acids is 2. The van der Waals surface area contributed by atoms with Gasteiger partial charge in [0.2, 0.25) is 0 Å². The summed E-state index contributed by atoms with van der Waals surface area (Å²) in [5, 5.41) is 19.5. The van der Waals surface area contributed by atoms with Crippen LogP contribution in [0.15, 0.2) is 72.0 Å². The van der Waals surface area contributed by atoms with Gasteiger partial charge in [-0.3, -0.25) is 14.4 Å². The molecule has 31 heavy (non-hydrogen) atoms. The van der Waals surface area contributed by atoms with Crippen LogP contribution in [0.2, 0.25) is 0 Å². The van der Waals surface area contributed by atoms with Crippen LogP contribution < -0.4 is 4.74 Å². The van der Waals surface area contributed by atoms with E-state index in [9.17, 15) is 19.5 Å². The summed E-state index contributed by atoms with van der Waals surface area (Å²) in [4.78, 5) is 38.0. The molecule has 1 aliphatic rings. The predicted octanol–water partition coefficient (Wildman–Crippen LogP) is 3.54. The Morgan fingerprint density at radius 1 is 1.13 bits per heavy atom. The van der Waals surface area contributed by atoms with E-state index < -0.39 is 29.5 Å². The Hall–Kier alpha value is -3.87. The van der Waals surface area contributed by atoms with E-state index in [0.29, 0.717) is 11.3 Å². The number of allylic oxidation sites excluding steroid dienone is 1. The lowest BCUT2D eigenvalue weighted by molar-refractivity contribution is -0.138. The number of aliphatic carboxylic acids is 1. The lowest BCUT2D eigenvalue weighted by Gasteiger charge is -2.26. The number of benzene rings is 2. The molecular weight excluding hydrogens is 398 g/mol. The van der Waals surface area contributed by atoms with E-state index in [1.807, 2.05) is 30.3 Å². The number of carboxylic acids is 1. The van der Waals surface area contributed by atoms with Crippen LogP contribution in [0.4, 0.5) is 0 Å². The molecule has 1 aliphatic heterocycles. The summed E-state index contributed by atoms with van der Waals surface area (Å²) in [7, 11) is 1.51. The van der Waals surface area contributed by atoms with E-state index >= 15 is 0 Å². The summed E-state index contributed by atoms with van der Waals surface area (Å²) in [5.74, 6) is -2.26. The highest BCUT2D eigenvalue weighted by molar-refractivity contribution is 6.14. The highest BCUT2D eigenvalue weighted by atomic mass is 16.5. The quantitative estimate of drug-likeness (QED) is 0.600. The number of rotatable bonds is 9. The van der Waals surface area contributed by atoms with E-state index in [1.165, 1.54) is 18.1 Å². The smallest absolute Gasteiger partial charge is 0.303 e. The maximum Gasteiger partial charge on any atom is 0.303 e. The fourth-order valence-corrected chi connectivity index (χ4v) is 3.52. The maximum atomic E-state index is 13.0. The van der Waals surface area contributed by atoms with E-state index in [1.54, 1.807) is 30.3 Å². The SMILES string of the molecule is COc1cccc(C2C(C(=O)/C=C/c3ccccc3)=C(O)C(=O)N2CCCC(=O)O)c1. The summed E-state index contributed by atoms with van der Waals surface area (Å²) >= 11 is 0. The van der Waals surface area contributed by atoms with Gasteiger partial charge in [-0.1, -0.05) is 48.5 Å². The standard InChI is InChI=1S/C24H23NO6/c1-31-18-10-5-9-17(15-18)22-21(19(26)13-12-16-7-3-2-4-8-16)23(29)24(30)25(22)14-6-11-20(27)28/h2-5,7-10,12-13,15,22,29H,6,11,14H2,1H3,(H,27,28)/b13-12+. The molecule has 2 N–H and O–H groups in total. The van der Waals surface area contributed by atoms with Crippen LogP contribution in [0.3, 0.4) is 0 Å². The number of amides is 1. The first kappa shape index (κ1) is 21.8. The van der Waals surface area contributed by atoms with E-state index in [0.717, 1.165) is 5.56 Å². The zero-order chi connectivity index (χ0) is 22.4. The van der Waals surface area contributed by atoms with Crippen LogP contribution in [0.1, 0.15) is 30.0 Å². The van der Waals surface area contributed by atoms with Crippen molar-refractivity contribution in [3.8, 4) is 5.75 Å². The topological polar surface area (TPSA) is 104 Å². The Morgan fingerprint density at radius 2 is 1.87 bits per heavy atom. The zero-order valence-electron chi connectivity index (χ0n) is 17.0. The van der Waals surface area contributed by atoms with Gasteiger partial charge in [-0.05, 0) is 35.8 Å². The Morgan fingerprint density at radius 3 is 2.55 bits per heavy atom.